The average molecular weight is 249 g/mol. The molecule has 98 valence electrons. The molecule has 0 unspecified atom stereocenters. The van der Waals surface area contributed by atoms with E-state index in [0.29, 0.717) is 5.58 Å². The molecule has 5 nitrogen and oxygen atoms in total. The first-order valence-electron chi connectivity index (χ1n) is 6.15. The minimum absolute atomic E-state index is 0.322. The lowest BCUT2D eigenvalue weighted by molar-refractivity contribution is 0.528. The van der Waals surface area contributed by atoms with Crippen LogP contribution in [-0.2, 0) is 7.05 Å². The summed E-state index contributed by atoms with van der Waals surface area (Å²) in [5.41, 5.74) is 2.51. The van der Waals surface area contributed by atoms with E-state index in [1.807, 2.05) is 25.2 Å². The summed E-state index contributed by atoms with van der Waals surface area (Å²) in [6, 6.07) is 5.82. The highest BCUT2D eigenvalue weighted by Crippen LogP contribution is 2.20. The molecule has 18 heavy (non-hydrogen) atoms. The van der Waals surface area contributed by atoms with Crippen LogP contribution in [0.3, 0.4) is 0 Å². The zero-order chi connectivity index (χ0) is 13.1. The van der Waals surface area contributed by atoms with E-state index in [4.69, 9.17) is 4.42 Å². The number of hydrogen-bond donors (Lipinski definition) is 1. The maximum absolute atomic E-state index is 11.4. The second-order valence-corrected chi connectivity index (χ2v) is 4.35. The number of aryl methyl sites for hydroxylation is 1. The van der Waals surface area contributed by atoms with Crippen molar-refractivity contribution in [1.29, 1.82) is 0 Å². The number of nitrogens with zero attached hydrogens (tertiary/aromatic N) is 2. The Morgan fingerprint density at radius 1 is 1.44 bits per heavy atom. The van der Waals surface area contributed by atoms with Gasteiger partial charge in [-0.05, 0) is 18.7 Å². The van der Waals surface area contributed by atoms with Crippen molar-refractivity contribution in [1.82, 2.24) is 9.88 Å². The Labute approximate surface area is 106 Å². The van der Waals surface area contributed by atoms with Crippen molar-refractivity contribution in [3.8, 4) is 0 Å². The fourth-order valence-electron chi connectivity index (χ4n) is 1.91. The summed E-state index contributed by atoms with van der Waals surface area (Å²) in [4.78, 5) is 13.5. The van der Waals surface area contributed by atoms with Gasteiger partial charge in [0, 0.05) is 38.9 Å². The van der Waals surface area contributed by atoms with Gasteiger partial charge in [-0.1, -0.05) is 6.92 Å². The molecule has 1 heterocycles. The van der Waals surface area contributed by atoms with E-state index in [2.05, 4.69) is 17.1 Å². The molecule has 0 saturated heterocycles. The summed E-state index contributed by atoms with van der Waals surface area (Å²) in [5, 5.41) is 3.28. The third-order valence-electron chi connectivity index (χ3n) is 3.09. The molecule has 0 aliphatic heterocycles. The Hall–Kier alpha value is -1.75. The summed E-state index contributed by atoms with van der Waals surface area (Å²) in [6.07, 6.45) is 0. The SMILES string of the molecule is CCNCCN(C)c1ccc2c(c1)oc(=O)n2C. The van der Waals surface area contributed by atoms with Gasteiger partial charge in [-0.15, -0.1) is 0 Å². The molecule has 1 N–H and O–H groups in total. The van der Waals surface area contributed by atoms with E-state index in [1.165, 1.54) is 4.57 Å². The first-order chi connectivity index (χ1) is 8.63. The van der Waals surface area contributed by atoms with Gasteiger partial charge in [-0.3, -0.25) is 4.57 Å². The van der Waals surface area contributed by atoms with E-state index in [-0.39, 0.29) is 5.76 Å². The number of oxazole rings is 1. The number of benzene rings is 1. The number of anilines is 1. The predicted molar refractivity (Wildman–Crippen MR) is 73.3 cm³/mol. The Bertz CT molecular complexity index is 585. The minimum atomic E-state index is -0.322. The Morgan fingerprint density at radius 2 is 2.22 bits per heavy atom. The molecule has 0 aliphatic carbocycles. The quantitative estimate of drug-likeness (QED) is 0.808. The Balaban J connectivity index is 2.21. The largest absolute Gasteiger partial charge is 0.419 e. The molecular weight excluding hydrogens is 230 g/mol. The van der Waals surface area contributed by atoms with Gasteiger partial charge in [0.2, 0.25) is 0 Å². The molecule has 2 rings (SSSR count). The number of hydrogen-bond acceptors (Lipinski definition) is 4. The smallest absolute Gasteiger partial charge is 0.408 e. The molecular formula is C13H19N3O2. The molecule has 0 amide bonds. The topological polar surface area (TPSA) is 50.4 Å². The minimum Gasteiger partial charge on any atom is -0.408 e. The van der Waals surface area contributed by atoms with Crippen molar-refractivity contribution in [2.45, 2.75) is 6.92 Å². The zero-order valence-corrected chi connectivity index (χ0v) is 11.1. The number of nitrogens with one attached hydrogen (secondary N) is 1. The Kier molecular flexibility index (Phi) is 3.72. The van der Waals surface area contributed by atoms with Crippen LogP contribution in [0.15, 0.2) is 27.4 Å². The summed E-state index contributed by atoms with van der Waals surface area (Å²) in [6.45, 7) is 4.91. The highest BCUT2D eigenvalue weighted by molar-refractivity contribution is 5.77. The molecule has 5 heteroatoms. The molecule has 2 aromatic rings. The van der Waals surface area contributed by atoms with E-state index in [9.17, 15) is 4.79 Å². The summed E-state index contributed by atoms with van der Waals surface area (Å²) in [5.74, 6) is -0.322. The molecule has 0 atom stereocenters. The van der Waals surface area contributed by atoms with Crippen LogP contribution in [0.25, 0.3) is 11.1 Å². The van der Waals surface area contributed by atoms with E-state index in [1.54, 1.807) is 7.05 Å². The lowest BCUT2D eigenvalue weighted by Crippen LogP contribution is -2.28. The highest BCUT2D eigenvalue weighted by atomic mass is 16.4. The standard InChI is InChI=1S/C13H19N3O2/c1-4-14-7-8-15(2)10-5-6-11-12(9-10)18-13(17)16(11)3/h5-6,9,14H,4,7-8H2,1-3H3. The van der Waals surface area contributed by atoms with Crippen molar-refractivity contribution in [3.63, 3.8) is 0 Å². The average Bonchev–Trinajstić information content (AvgIpc) is 2.65. The van der Waals surface area contributed by atoms with Crippen molar-refractivity contribution >= 4 is 16.8 Å². The van der Waals surface area contributed by atoms with Crippen LogP contribution in [0.2, 0.25) is 0 Å². The second kappa shape index (κ2) is 5.27. The van der Waals surface area contributed by atoms with Gasteiger partial charge in [-0.2, -0.15) is 0 Å². The third-order valence-corrected chi connectivity index (χ3v) is 3.09. The monoisotopic (exact) mass is 249 g/mol. The lowest BCUT2D eigenvalue weighted by atomic mass is 10.2. The summed E-state index contributed by atoms with van der Waals surface area (Å²) in [7, 11) is 3.74. The zero-order valence-electron chi connectivity index (χ0n) is 11.1. The molecule has 1 aromatic carbocycles. The van der Waals surface area contributed by atoms with Crippen LogP contribution in [0.4, 0.5) is 5.69 Å². The fraction of sp³-hybridized carbons (Fsp3) is 0.462. The Morgan fingerprint density at radius 3 is 2.94 bits per heavy atom. The second-order valence-electron chi connectivity index (χ2n) is 4.35. The van der Waals surface area contributed by atoms with E-state index in [0.717, 1.165) is 30.8 Å². The molecule has 0 spiro atoms. The number of fused-ring (bicyclic) bond motifs is 1. The molecule has 0 fully saturated rings. The van der Waals surface area contributed by atoms with Crippen molar-refractivity contribution in [2.75, 3.05) is 31.6 Å². The van der Waals surface area contributed by atoms with Gasteiger partial charge in [0.1, 0.15) is 0 Å². The third kappa shape index (κ3) is 2.41. The summed E-state index contributed by atoms with van der Waals surface area (Å²) < 4.78 is 6.69. The van der Waals surface area contributed by atoms with Crippen LogP contribution >= 0.6 is 0 Å². The van der Waals surface area contributed by atoms with Crippen LogP contribution < -0.4 is 16.0 Å². The van der Waals surface area contributed by atoms with Gasteiger partial charge in [0.05, 0.1) is 5.52 Å². The van der Waals surface area contributed by atoms with E-state index >= 15 is 0 Å². The molecule has 0 saturated carbocycles. The first-order valence-corrected chi connectivity index (χ1v) is 6.15. The molecule has 0 bridgehead atoms. The van der Waals surface area contributed by atoms with Crippen molar-refractivity contribution < 1.29 is 4.42 Å². The van der Waals surface area contributed by atoms with Crippen LogP contribution in [0.5, 0.6) is 0 Å². The number of rotatable bonds is 5. The van der Waals surface area contributed by atoms with Gasteiger partial charge >= 0.3 is 5.76 Å². The highest BCUT2D eigenvalue weighted by Gasteiger charge is 2.08. The number of aromatic nitrogens is 1. The first kappa shape index (κ1) is 12.7. The molecule has 1 aromatic heterocycles. The van der Waals surface area contributed by atoms with Crippen LogP contribution in [-0.4, -0.2) is 31.2 Å². The van der Waals surface area contributed by atoms with Gasteiger partial charge in [0.15, 0.2) is 5.58 Å². The summed E-state index contributed by atoms with van der Waals surface area (Å²) >= 11 is 0. The predicted octanol–water partition coefficient (Wildman–Crippen LogP) is 1.18. The molecule has 0 aliphatic rings. The van der Waals surface area contributed by atoms with Crippen molar-refractivity contribution in [2.24, 2.45) is 7.05 Å². The van der Waals surface area contributed by atoms with Gasteiger partial charge in [0.25, 0.3) is 0 Å². The number of likely N-dealkylation sites (N-methyl/N-ethyl adjacent to an activating group) is 2. The van der Waals surface area contributed by atoms with E-state index < -0.39 is 0 Å². The fourth-order valence-corrected chi connectivity index (χ4v) is 1.91. The van der Waals surface area contributed by atoms with Crippen molar-refractivity contribution in [3.05, 3.63) is 28.7 Å². The lowest BCUT2D eigenvalue weighted by Gasteiger charge is -2.19. The maximum Gasteiger partial charge on any atom is 0.419 e. The van der Waals surface area contributed by atoms with Crippen LogP contribution in [0.1, 0.15) is 6.92 Å². The van der Waals surface area contributed by atoms with Gasteiger partial charge < -0.3 is 14.6 Å². The maximum atomic E-state index is 11.4. The van der Waals surface area contributed by atoms with Crippen LogP contribution in [0, 0.1) is 0 Å². The molecule has 0 radical (unpaired) electrons. The normalized spacial score (nSPS) is 11.1. The van der Waals surface area contributed by atoms with Gasteiger partial charge in [-0.25, -0.2) is 4.79 Å².